The third kappa shape index (κ3) is 4.58. The molecule has 0 atom stereocenters. The van der Waals surface area contributed by atoms with Crippen LogP contribution in [0.5, 0.6) is 5.75 Å². The minimum absolute atomic E-state index is 0.0954. The van der Waals surface area contributed by atoms with Gasteiger partial charge in [-0.1, -0.05) is 11.6 Å². The summed E-state index contributed by atoms with van der Waals surface area (Å²) < 4.78 is 5.37. The van der Waals surface area contributed by atoms with E-state index < -0.39 is 0 Å². The van der Waals surface area contributed by atoms with E-state index in [4.69, 9.17) is 16.3 Å². The van der Waals surface area contributed by atoms with Crippen LogP contribution in [0, 0.1) is 13.8 Å². The molecule has 1 aromatic heterocycles. The van der Waals surface area contributed by atoms with Crippen LogP contribution in [-0.4, -0.2) is 18.7 Å². The van der Waals surface area contributed by atoms with Crippen LogP contribution in [-0.2, 0) is 4.79 Å². The van der Waals surface area contributed by atoms with Crippen LogP contribution in [0.4, 0.5) is 0 Å². The molecular weight excluding hydrogens is 308 g/mol. The van der Waals surface area contributed by atoms with Crippen molar-refractivity contribution in [3.8, 4) is 5.75 Å². The van der Waals surface area contributed by atoms with Gasteiger partial charge in [0, 0.05) is 9.90 Å². The van der Waals surface area contributed by atoms with Gasteiger partial charge in [0.2, 0.25) is 0 Å². The SMILES string of the molecule is Cc1cc(OCC(=O)NN=Cc2sccc2C)ccc1Cl. The van der Waals surface area contributed by atoms with Gasteiger partial charge in [0.1, 0.15) is 5.75 Å². The van der Waals surface area contributed by atoms with E-state index in [0.717, 1.165) is 16.0 Å². The van der Waals surface area contributed by atoms with E-state index in [0.29, 0.717) is 10.8 Å². The van der Waals surface area contributed by atoms with E-state index in [9.17, 15) is 4.79 Å². The number of hydrogen-bond donors (Lipinski definition) is 1. The van der Waals surface area contributed by atoms with Crippen LogP contribution < -0.4 is 10.2 Å². The van der Waals surface area contributed by atoms with Crippen molar-refractivity contribution in [1.29, 1.82) is 0 Å². The molecular formula is C15H15ClN2O2S. The molecule has 2 rings (SSSR count). The lowest BCUT2D eigenvalue weighted by atomic mass is 10.2. The first-order valence-electron chi connectivity index (χ1n) is 6.31. The standard InChI is InChI=1S/C15H15ClN2O2S/c1-10-5-6-21-14(10)8-17-18-15(19)9-20-12-3-4-13(16)11(2)7-12/h3-8H,9H2,1-2H3,(H,18,19). The van der Waals surface area contributed by atoms with Crippen molar-refractivity contribution in [2.75, 3.05) is 6.61 Å². The Labute approximate surface area is 132 Å². The number of nitrogens with one attached hydrogen (secondary N) is 1. The Bertz CT molecular complexity index is 667. The maximum atomic E-state index is 11.6. The summed E-state index contributed by atoms with van der Waals surface area (Å²) in [6.45, 7) is 3.77. The molecule has 0 spiro atoms. The predicted octanol–water partition coefficient (Wildman–Crippen LogP) is 3.55. The van der Waals surface area contributed by atoms with Crippen LogP contribution in [0.3, 0.4) is 0 Å². The zero-order valence-electron chi connectivity index (χ0n) is 11.7. The van der Waals surface area contributed by atoms with Crippen LogP contribution in [0.15, 0.2) is 34.7 Å². The van der Waals surface area contributed by atoms with E-state index in [1.807, 2.05) is 25.3 Å². The first-order chi connectivity index (χ1) is 10.1. The van der Waals surface area contributed by atoms with Crippen molar-refractivity contribution in [2.24, 2.45) is 5.10 Å². The fourth-order valence-corrected chi connectivity index (χ4v) is 2.47. The van der Waals surface area contributed by atoms with Gasteiger partial charge in [-0.2, -0.15) is 5.10 Å². The van der Waals surface area contributed by atoms with Gasteiger partial charge in [0.05, 0.1) is 6.21 Å². The molecule has 6 heteroatoms. The van der Waals surface area contributed by atoms with Crippen LogP contribution in [0.25, 0.3) is 0 Å². The number of benzene rings is 1. The number of aryl methyl sites for hydroxylation is 2. The van der Waals surface area contributed by atoms with E-state index in [-0.39, 0.29) is 12.5 Å². The van der Waals surface area contributed by atoms with Gasteiger partial charge in [0.25, 0.3) is 5.91 Å². The molecule has 2 aromatic rings. The maximum absolute atomic E-state index is 11.6. The molecule has 0 radical (unpaired) electrons. The molecule has 1 heterocycles. The van der Waals surface area contributed by atoms with Crippen molar-refractivity contribution in [3.05, 3.63) is 50.7 Å². The normalized spacial score (nSPS) is 10.8. The Hall–Kier alpha value is -1.85. The average molecular weight is 323 g/mol. The number of carbonyl (C=O) groups excluding carboxylic acids is 1. The molecule has 0 saturated carbocycles. The van der Waals surface area contributed by atoms with Gasteiger partial charge in [0.15, 0.2) is 6.61 Å². The van der Waals surface area contributed by atoms with Gasteiger partial charge in [-0.15, -0.1) is 11.3 Å². The number of carbonyl (C=O) groups is 1. The monoisotopic (exact) mass is 322 g/mol. The molecule has 4 nitrogen and oxygen atoms in total. The number of thiophene rings is 1. The van der Waals surface area contributed by atoms with Gasteiger partial charge in [-0.25, -0.2) is 5.43 Å². The number of rotatable bonds is 5. The fraction of sp³-hybridized carbons (Fsp3) is 0.200. The zero-order chi connectivity index (χ0) is 15.2. The van der Waals surface area contributed by atoms with Gasteiger partial charge in [-0.3, -0.25) is 4.79 Å². The summed E-state index contributed by atoms with van der Waals surface area (Å²) in [5, 5.41) is 6.55. The lowest BCUT2D eigenvalue weighted by Crippen LogP contribution is -2.24. The maximum Gasteiger partial charge on any atom is 0.277 e. The van der Waals surface area contributed by atoms with Crippen molar-refractivity contribution >= 4 is 35.1 Å². The summed E-state index contributed by atoms with van der Waals surface area (Å²) in [6.07, 6.45) is 1.63. The number of halogens is 1. The fourth-order valence-electron chi connectivity index (χ4n) is 1.57. The molecule has 1 aromatic carbocycles. The van der Waals surface area contributed by atoms with Gasteiger partial charge in [-0.05, 0) is 54.6 Å². The number of nitrogens with zero attached hydrogens (tertiary/aromatic N) is 1. The van der Waals surface area contributed by atoms with Gasteiger partial charge >= 0.3 is 0 Å². The Morgan fingerprint density at radius 1 is 1.38 bits per heavy atom. The molecule has 0 aliphatic heterocycles. The topological polar surface area (TPSA) is 50.7 Å². The van der Waals surface area contributed by atoms with E-state index in [1.54, 1.807) is 35.8 Å². The van der Waals surface area contributed by atoms with Crippen molar-refractivity contribution in [3.63, 3.8) is 0 Å². The number of hydrogen-bond acceptors (Lipinski definition) is 4. The van der Waals surface area contributed by atoms with E-state index in [1.165, 1.54) is 0 Å². The Kier molecular flexibility index (Phi) is 5.36. The highest BCUT2D eigenvalue weighted by atomic mass is 35.5. The Balaban J connectivity index is 1.81. The summed E-state index contributed by atoms with van der Waals surface area (Å²) in [7, 11) is 0. The third-order valence-corrected chi connectivity index (χ3v) is 4.15. The molecule has 0 saturated heterocycles. The smallest absolute Gasteiger partial charge is 0.277 e. The molecule has 1 amide bonds. The lowest BCUT2D eigenvalue weighted by molar-refractivity contribution is -0.123. The molecule has 21 heavy (non-hydrogen) atoms. The minimum Gasteiger partial charge on any atom is -0.484 e. The molecule has 0 fully saturated rings. The zero-order valence-corrected chi connectivity index (χ0v) is 13.3. The minimum atomic E-state index is -0.312. The van der Waals surface area contributed by atoms with Crippen LogP contribution >= 0.6 is 22.9 Å². The van der Waals surface area contributed by atoms with Gasteiger partial charge < -0.3 is 4.74 Å². The van der Waals surface area contributed by atoms with E-state index in [2.05, 4.69) is 10.5 Å². The summed E-state index contributed by atoms with van der Waals surface area (Å²) in [6, 6.07) is 7.25. The first-order valence-corrected chi connectivity index (χ1v) is 7.57. The lowest BCUT2D eigenvalue weighted by Gasteiger charge is -2.06. The predicted molar refractivity (Wildman–Crippen MR) is 86.5 cm³/mol. The summed E-state index contributed by atoms with van der Waals surface area (Å²) >= 11 is 7.49. The molecule has 0 bridgehead atoms. The van der Waals surface area contributed by atoms with E-state index >= 15 is 0 Å². The molecule has 110 valence electrons. The van der Waals surface area contributed by atoms with Crippen molar-refractivity contribution < 1.29 is 9.53 Å². The summed E-state index contributed by atoms with van der Waals surface area (Å²) in [5.41, 5.74) is 4.46. The highest BCUT2D eigenvalue weighted by molar-refractivity contribution is 7.11. The number of amides is 1. The molecule has 0 aliphatic carbocycles. The molecule has 1 N–H and O–H groups in total. The third-order valence-electron chi connectivity index (χ3n) is 2.77. The highest BCUT2D eigenvalue weighted by Gasteiger charge is 2.03. The Morgan fingerprint density at radius 2 is 2.19 bits per heavy atom. The quantitative estimate of drug-likeness (QED) is 0.676. The molecule has 0 aliphatic rings. The Morgan fingerprint density at radius 3 is 2.86 bits per heavy atom. The second-order valence-electron chi connectivity index (χ2n) is 4.46. The summed E-state index contributed by atoms with van der Waals surface area (Å²) in [4.78, 5) is 12.6. The second-order valence-corrected chi connectivity index (χ2v) is 5.82. The first kappa shape index (κ1) is 15.5. The average Bonchev–Trinajstić information content (AvgIpc) is 2.86. The highest BCUT2D eigenvalue weighted by Crippen LogP contribution is 2.20. The second kappa shape index (κ2) is 7.24. The van der Waals surface area contributed by atoms with Crippen LogP contribution in [0.2, 0.25) is 5.02 Å². The number of hydrazone groups is 1. The largest absolute Gasteiger partial charge is 0.484 e. The molecule has 0 unspecified atom stereocenters. The van der Waals surface area contributed by atoms with Crippen molar-refractivity contribution in [2.45, 2.75) is 13.8 Å². The van der Waals surface area contributed by atoms with Crippen LogP contribution in [0.1, 0.15) is 16.0 Å². The number of ether oxygens (including phenoxy) is 1. The van der Waals surface area contributed by atoms with Crippen molar-refractivity contribution in [1.82, 2.24) is 5.43 Å². The summed E-state index contributed by atoms with van der Waals surface area (Å²) in [5.74, 6) is 0.290.